The van der Waals surface area contributed by atoms with E-state index in [0.29, 0.717) is 32.1 Å². The monoisotopic (exact) mass is 250 g/mol. The number of fused-ring (bicyclic) bond motifs is 1. The molecule has 1 amide bonds. The van der Waals surface area contributed by atoms with Crippen molar-refractivity contribution in [3.8, 4) is 5.75 Å². The molecule has 0 saturated carbocycles. The summed E-state index contributed by atoms with van der Waals surface area (Å²) in [5.74, 6) is 0.691. The number of hydrogen-bond acceptors (Lipinski definition) is 4. The average Bonchev–Trinajstić information content (AvgIpc) is 2.37. The largest absolute Gasteiger partial charge is 0.492 e. The number of ether oxygens (including phenoxy) is 2. The van der Waals surface area contributed by atoms with E-state index in [0.717, 1.165) is 11.4 Å². The molecule has 1 heterocycles. The van der Waals surface area contributed by atoms with E-state index in [1.54, 1.807) is 7.11 Å². The minimum absolute atomic E-state index is 0.0224. The molecule has 1 aromatic carbocycles. The number of nitrogens with one attached hydrogen (secondary N) is 1. The smallest absolute Gasteiger partial charge is 0.244 e. The van der Waals surface area contributed by atoms with Gasteiger partial charge in [0, 0.05) is 13.7 Å². The first-order valence-electron chi connectivity index (χ1n) is 6.05. The number of hydrogen-bond donors (Lipinski definition) is 1. The lowest BCUT2D eigenvalue weighted by molar-refractivity contribution is -0.115. The van der Waals surface area contributed by atoms with Gasteiger partial charge in [0.1, 0.15) is 11.4 Å². The van der Waals surface area contributed by atoms with Gasteiger partial charge in [0.05, 0.1) is 25.4 Å². The summed E-state index contributed by atoms with van der Waals surface area (Å²) in [5.41, 5.74) is 1.74. The molecule has 0 radical (unpaired) electrons. The Labute approximate surface area is 107 Å². The Morgan fingerprint density at radius 1 is 1.44 bits per heavy atom. The predicted molar refractivity (Wildman–Crippen MR) is 70.3 cm³/mol. The van der Waals surface area contributed by atoms with Crippen molar-refractivity contribution in [3.63, 3.8) is 0 Å². The Kier molecular flexibility index (Phi) is 4.04. The summed E-state index contributed by atoms with van der Waals surface area (Å²) in [7, 11) is 1.65. The van der Waals surface area contributed by atoms with Crippen molar-refractivity contribution in [1.82, 2.24) is 0 Å². The highest BCUT2D eigenvalue weighted by Crippen LogP contribution is 2.37. The van der Waals surface area contributed by atoms with Crippen LogP contribution in [0.25, 0.3) is 0 Å². The van der Waals surface area contributed by atoms with Crippen molar-refractivity contribution in [3.05, 3.63) is 18.2 Å². The molecule has 0 atom stereocenters. The van der Waals surface area contributed by atoms with Gasteiger partial charge in [-0.05, 0) is 19.1 Å². The second-order valence-electron chi connectivity index (χ2n) is 4.05. The van der Waals surface area contributed by atoms with E-state index in [4.69, 9.17) is 9.47 Å². The maximum Gasteiger partial charge on any atom is 0.244 e. The molecule has 0 saturated heterocycles. The first-order valence-corrected chi connectivity index (χ1v) is 6.05. The van der Waals surface area contributed by atoms with Crippen LogP contribution >= 0.6 is 0 Å². The quantitative estimate of drug-likeness (QED) is 0.860. The Hall–Kier alpha value is -1.75. The maximum atomic E-state index is 11.7. The standard InChI is InChI=1S/C13H18N2O3/c1-3-18-11-6-4-5-10-13(11)14-12(16)9-15(10)7-8-17-2/h4-6H,3,7-9H2,1-2H3,(H,14,16). The number of anilines is 2. The van der Waals surface area contributed by atoms with Gasteiger partial charge in [-0.1, -0.05) is 6.07 Å². The molecule has 5 heteroatoms. The van der Waals surface area contributed by atoms with Crippen LogP contribution in [0.1, 0.15) is 6.92 Å². The molecule has 5 nitrogen and oxygen atoms in total. The van der Waals surface area contributed by atoms with Crippen LogP contribution in [0.3, 0.4) is 0 Å². The second-order valence-corrected chi connectivity index (χ2v) is 4.05. The molecule has 18 heavy (non-hydrogen) atoms. The number of amides is 1. The Morgan fingerprint density at radius 3 is 3.00 bits per heavy atom. The van der Waals surface area contributed by atoms with Gasteiger partial charge in [-0.2, -0.15) is 0 Å². The third-order valence-electron chi connectivity index (χ3n) is 2.81. The minimum atomic E-state index is -0.0224. The molecule has 1 aromatic rings. The summed E-state index contributed by atoms with van der Waals surface area (Å²) in [5, 5.41) is 2.87. The summed E-state index contributed by atoms with van der Waals surface area (Å²) in [6.07, 6.45) is 0. The van der Waals surface area contributed by atoms with E-state index in [1.807, 2.05) is 30.0 Å². The molecule has 0 spiro atoms. The van der Waals surface area contributed by atoms with Gasteiger partial charge >= 0.3 is 0 Å². The van der Waals surface area contributed by atoms with Crippen molar-refractivity contribution >= 4 is 17.3 Å². The Balaban J connectivity index is 2.30. The molecule has 1 aliphatic rings. The number of rotatable bonds is 5. The molecule has 0 aromatic heterocycles. The minimum Gasteiger partial charge on any atom is -0.492 e. The Morgan fingerprint density at radius 2 is 2.28 bits per heavy atom. The van der Waals surface area contributed by atoms with Gasteiger partial charge in [0.25, 0.3) is 0 Å². The summed E-state index contributed by atoms with van der Waals surface area (Å²) in [4.78, 5) is 13.7. The highest BCUT2D eigenvalue weighted by Gasteiger charge is 2.24. The number of methoxy groups -OCH3 is 1. The van der Waals surface area contributed by atoms with Crippen molar-refractivity contribution in [2.75, 3.05) is 43.6 Å². The van der Waals surface area contributed by atoms with Crippen molar-refractivity contribution < 1.29 is 14.3 Å². The third kappa shape index (κ3) is 2.56. The predicted octanol–water partition coefficient (Wildman–Crippen LogP) is 1.49. The molecule has 0 aliphatic carbocycles. The van der Waals surface area contributed by atoms with Gasteiger partial charge in [0.2, 0.25) is 5.91 Å². The van der Waals surface area contributed by atoms with E-state index in [1.165, 1.54) is 0 Å². The van der Waals surface area contributed by atoms with Crippen molar-refractivity contribution in [2.45, 2.75) is 6.92 Å². The van der Waals surface area contributed by atoms with E-state index >= 15 is 0 Å². The molecular weight excluding hydrogens is 232 g/mol. The lowest BCUT2D eigenvalue weighted by Gasteiger charge is -2.31. The third-order valence-corrected chi connectivity index (χ3v) is 2.81. The van der Waals surface area contributed by atoms with Gasteiger partial charge in [0.15, 0.2) is 0 Å². The fourth-order valence-electron chi connectivity index (χ4n) is 2.02. The number of carbonyl (C=O) groups is 1. The summed E-state index contributed by atoms with van der Waals surface area (Å²) >= 11 is 0. The Bertz CT molecular complexity index is 434. The molecule has 0 fully saturated rings. The van der Waals surface area contributed by atoms with Gasteiger partial charge < -0.3 is 19.7 Å². The highest BCUT2D eigenvalue weighted by molar-refractivity contribution is 6.03. The number of benzene rings is 1. The van der Waals surface area contributed by atoms with Gasteiger partial charge in [-0.15, -0.1) is 0 Å². The second kappa shape index (κ2) is 5.73. The lowest BCUT2D eigenvalue weighted by atomic mass is 10.1. The zero-order valence-corrected chi connectivity index (χ0v) is 10.7. The molecular formula is C13H18N2O3. The lowest BCUT2D eigenvalue weighted by Crippen LogP contribution is -2.40. The highest BCUT2D eigenvalue weighted by atomic mass is 16.5. The van der Waals surface area contributed by atoms with Crippen LogP contribution in [0.2, 0.25) is 0 Å². The summed E-state index contributed by atoms with van der Waals surface area (Å²) in [6.45, 7) is 4.13. The van der Waals surface area contributed by atoms with Crippen LogP contribution in [0.15, 0.2) is 18.2 Å². The molecule has 0 unspecified atom stereocenters. The van der Waals surface area contributed by atoms with Crippen LogP contribution in [-0.4, -0.2) is 39.3 Å². The number of nitrogens with zero attached hydrogens (tertiary/aromatic N) is 1. The average molecular weight is 250 g/mol. The molecule has 1 N–H and O–H groups in total. The first kappa shape index (κ1) is 12.7. The molecule has 98 valence electrons. The maximum absolute atomic E-state index is 11.7. The van der Waals surface area contributed by atoms with E-state index < -0.39 is 0 Å². The zero-order chi connectivity index (χ0) is 13.0. The van der Waals surface area contributed by atoms with Crippen LogP contribution in [0, 0.1) is 0 Å². The van der Waals surface area contributed by atoms with Crippen LogP contribution < -0.4 is 15.0 Å². The van der Waals surface area contributed by atoms with Crippen LogP contribution in [0.4, 0.5) is 11.4 Å². The SMILES string of the molecule is CCOc1cccc2c1NC(=O)CN2CCOC. The van der Waals surface area contributed by atoms with E-state index in [2.05, 4.69) is 5.32 Å². The first-order chi connectivity index (χ1) is 8.76. The summed E-state index contributed by atoms with van der Waals surface area (Å²) < 4.78 is 10.6. The van der Waals surface area contributed by atoms with E-state index in [-0.39, 0.29) is 5.91 Å². The van der Waals surface area contributed by atoms with Crippen molar-refractivity contribution in [1.29, 1.82) is 0 Å². The van der Waals surface area contributed by atoms with Gasteiger partial charge in [-0.3, -0.25) is 4.79 Å². The molecule has 0 bridgehead atoms. The summed E-state index contributed by atoms with van der Waals surface area (Å²) in [6, 6.07) is 5.77. The number of carbonyl (C=O) groups excluding carboxylic acids is 1. The van der Waals surface area contributed by atoms with Crippen molar-refractivity contribution in [2.24, 2.45) is 0 Å². The molecule has 2 rings (SSSR count). The van der Waals surface area contributed by atoms with Gasteiger partial charge in [-0.25, -0.2) is 0 Å². The van der Waals surface area contributed by atoms with Crippen LogP contribution in [-0.2, 0) is 9.53 Å². The topological polar surface area (TPSA) is 50.8 Å². The van der Waals surface area contributed by atoms with E-state index in [9.17, 15) is 4.79 Å². The number of para-hydroxylation sites is 1. The normalized spacial score (nSPS) is 14.1. The fraction of sp³-hybridized carbons (Fsp3) is 0.462. The fourth-order valence-corrected chi connectivity index (χ4v) is 2.02. The van der Waals surface area contributed by atoms with Crippen LogP contribution in [0.5, 0.6) is 5.75 Å². The molecule has 1 aliphatic heterocycles. The zero-order valence-electron chi connectivity index (χ0n) is 10.7.